The number of nitrogens with zero attached hydrogens (tertiary/aromatic N) is 3. The number of halogens is 2. The van der Waals surface area contributed by atoms with Crippen LogP contribution in [0.15, 0.2) is 83.9 Å². The van der Waals surface area contributed by atoms with E-state index in [0.717, 1.165) is 16.6 Å². The number of fused-ring (bicyclic) bond motifs is 3. The fourth-order valence-corrected chi connectivity index (χ4v) is 4.06. The first-order valence-corrected chi connectivity index (χ1v) is 9.93. The van der Waals surface area contributed by atoms with E-state index in [0.29, 0.717) is 34.5 Å². The van der Waals surface area contributed by atoms with Crippen molar-refractivity contribution in [3.63, 3.8) is 0 Å². The van der Waals surface area contributed by atoms with Gasteiger partial charge in [-0.25, -0.2) is 9.37 Å². The molecule has 0 N–H and O–H groups in total. The topological polar surface area (TPSA) is 39.8 Å². The van der Waals surface area contributed by atoms with Crippen LogP contribution in [0.2, 0.25) is 5.02 Å². The summed E-state index contributed by atoms with van der Waals surface area (Å²) in [4.78, 5) is 18.0. The third-order valence-electron chi connectivity index (χ3n) is 5.21. The normalized spacial score (nSPS) is 11.4. The third kappa shape index (κ3) is 3.27. The number of rotatable bonds is 4. The molecule has 5 aromatic rings. The molecule has 148 valence electrons. The first kappa shape index (κ1) is 18.6. The first-order chi connectivity index (χ1) is 14.6. The highest BCUT2D eigenvalue weighted by Crippen LogP contribution is 2.27. The van der Waals surface area contributed by atoms with Gasteiger partial charge in [0.15, 0.2) is 0 Å². The molecular formula is C24H17ClFN3O. The summed E-state index contributed by atoms with van der Waals surface area (Å²) in [6.45, 7) is 0.841. The highest BCUT2D eigenvalue weighted by atomic mass is 35.5. The van der Waals surface area contributed by atoms with Gasteiger partial charge in [-0.05, 0) is 41.5 Å². The first-order valence-electron chi connectivity index (χ1n) is 9.55. The van der Waals surface area contributed by atoms with Crippen LogP contribution in [0.3, 0.4) is 0 Å². The summed E-state index contributed by atoms with van der Waals surface area (Å²) in [6, 6.07) is 21.8. The van der Waals surface area contributed by atoms with E-state index in [2.05, 4.69) is 4.98 Å². The van der Waals surface area contributed by atoms with Crippen molar-refractivity contribution < 1.29 is 4.39 Å². The Labute approximate surface area is 176 Å². The Balaban J connectivity index is 1.74. The summed E-state index contributed by atoms with van der Waals surface area (Å²) in [5.74, 6) is -0.362. The third-order valence-corrected chi connectivity index (χ3v) is 5.45. The molecule has 5 rings (SSSR count). The number of hydrogen-bond acceptors (Lipinski definition) is 2. The van der Waals surface area contributed by atoms with Crippen LogP contribution in [0, 0.1) is 5.82 Å². The standard InChI is InChI=1S/C24H17ClFN3O/c25-18-8-4-7-17(11-18)14-29-21-10-9-19(26)12-20(21)22-23(29)24(30)28(15-27-22)13-16-5-2-1-3-6-16/h1-12,15H,13-14H2. The van der Waals surface area contributed by atoms with E-state index in [1.165, 1.54) is 18.5 Å². The van der Waals surface area contributed by atoms with Crippen LogP contribution < -0.4 is 5.56 Å². The predicted molar refractivity (Wildman–Crippen MR) is 118 cm³/mol. The van der Waals surface area contributed by atoms with E-state index in [1.54, 1.807) is 16.7 Å². The highest BCUT2D eigenvalue weighted by Gasteiger charge is 2.17. The van der Waals surface area contributed by atoms with Gasteiger partial charge in [0.2, 0.25) is 0 Å². The Morgan fingerprint density at radius 1 is 0.900 bits per heavy atom. The number of benzene rings is 3. The summed E-state index contributed by atoms with van der Waals surface area (Å²) in [7, 11) is 0. The zero-order valence-electron chi connectivity index (χ0n) is 15.9. The van der Waals surface area contributed by atoms with Gasteiger partial charge in [0.1, 0.15) is 16.9 Å². The Morgan fingerprint density at radius 2 is 1.70 bits per heavy atom. The molecule has 3 aromatic carbocycles. The lowest BCUT2D eigenvalue weighted by atomic mass is 10.2. The molecule has 0 aliphatic rings. The minimum Gasteiger partial charge on any atom is -0.330 e. The second-order valence-electron chi connectivity index (χ2n) is 7.24. The van der Waals surface area contributed by atoms with Gasteiger partial charge in [0.25, 0.3) is 5.56 Å². The smallest absolute Gasteiger partial charge is 0.278 e. The van der Waals surface area contributed by atoms with Gasteiger partial charge < -0.3 is 4.57 Å². The average molecular weight is 418 g/mol. The Kier molecular flexibility index (Phi) is 4.60. The molecule has 0 unspecified atom stereocenters. The fourth-order valence-electron chi connectivity index (χ4n) is 3.85. The van der Waals surface area contributed by atoms with Crippen molar-refractivity contribution >= 4 is 33.5 Å². The predicted octanol–water partition coefficient (Wildman–Crippen LogP) is 5.24. The van der Waals surface area contributed by atoms with Crippen molar-refractivity contribution in [3.05, 3.63) is 111 Å². The molecule has 0 aliphatic heterocycles. The molecule has 0 atom stereocenters. The Hall–Kier alpha value is -3.44. The molecule has 0 saturated heterocycles. The minimum absolute atomic E-state index is 0.164. The summed E-state index contributed by atoms with van der Waals surface area (Å²) in [6.07, 6.45) is 1.53. The number of aromatic nitrogens is 3. The van der Waals surface area contributed by atoms with Crippen molar-refractivity contribution in [1.82, 2.24) is 14.1 Å². The second kappa shape index (κ2) is 7.43. The Bertz CT molecular complexity index is 1440. The molecule has 4 nitrogen and oxygen atoms in total. The van der Waals surface area contributed by atoms with E-state index >= 15 is 0 Å². The van der Waals surface area contributed by atoms with Gasteiger partial charge in [-0.1, -0.05) is 54.1 Å². The van der Waals surface area contributed by atoms with Crippen molar-refractivity contribution in [2.45, 2.75) is 13.1 Å². The van der Waals surface area contributed by atoms with Crippen LogP contribution >= 0.6 is 11.6 Å². The zero-order chi connectivity index (χ0) is 20.7. The lowest BCUT2D eigenvalue weighted by Crippen LogP contribution is -2.23. The van der Waals surface area contributed by atoms with E-state index in [-0.39, 0.29) is 11.4 Å². The van der Waals surface area contributed by atoms with E-state index in [1.807, 2.05) is 53.1 Å². The molecular weight excluding hydrogens is 401 g/mol. The molecule has 6 heteroatoms. The fraction of sp³-hybridized carbons (Fsp3) is 0.0833. The average Bonchev–Trinajstić information content (AvgIpc) is 3.04. The molecule has 0 spiro atoms. The molecule has 0 amide bonds. The van der Waals surface area contributed by atoms with Gasteiger partial charge in [0.05, 0.1) is 18.4 Å². The maximum Gasteiger partial charge on any atom is 0.278 e. The quantitative estimate of drug-likeness (QED) is 0.401. The second-order valence-corrected chi connectivity index (χ2v) is 7.67. The van der Waals surface area contributed by atoms with Crippen LogP contribution in [0.25, 0.3) is 21.9 Å². The lowest BCUT2D eigenvalue weighted by Gasteiger charge is -2.10. The van der Waals surface area contributed by atoms with Gasteiger partial charge in [-0.15, -0.1) is 0 Å². The number of hydrogen-bond donors (Lipinski definition) is 0. The molecule has 30 heavy (non-hydrogen) atoms. The molecule has 0 bridgehead atoms. The van der Waals surface area contributed by atoms with Crippen molar-refractivity contribution in [1.29, 1.82) is 0 Å². The summed E-state index contributed by atoms with van der Waals surface area (Å²) in [5, 5.41) is 1.25. The van der Waals surface area contributed by atoms with Gasteiger partial charge in [-0.3, -0.25) is 9.36 Å². The maximum absolute atomic E-state index is 14.0. The molecule has 2 heterocycles. The summed E-state index contributed by atoms with van der Waals surface area (Å²) >= 11 is 6.15. The van der Waals surface area contributed by atoms with Gasteiger partial charge in [0, 0.05) is 17.0 Å². The monoisotopic (exact) mass is 417 g/mol. The van der Waals surface area contributed by atoms with Crippen molar-refractivity contribution in [2.75, 3.05) is 0 Å². The summed E-state index contributed by atoms with van der Waals surface area (Å²) in [5.41, 5.74) is 3.50. The van der Waals surface area contributed by atoms with Crippen LogP contribution in [-0.2, 0) is 13.1 Å². The van der Waals surface area contributed by atoms with Gasteiger partial charge >= 0.3 is 0 Å². The molecule has 0 fully saturated rings. The van der Waals surface area contributed by atoms with Gasteiger partial charge in [-0.2, -0.15) is 0 Å². The van der Waals surface area contributed by atoms with Crippen LogP contribution in [0.4, 0.5) is 4.39 Å². The highest BCUT2D eigenvalue weighted by molar-refractivity contribution is 6.30. The molecule has 0 saturated carbocycles. The minimum atomic E-state index is -0.362. The van der Waals surface area contributed by atoms with Crippen LogP contribution in [0.1, 0.15) is 11.1 Å². The van der Waals surface area contributed by atoms with E-state index < -0.39 is 0 Å². The van der Waals surface area contributed by atoms with E-state index in [9.17, 15) is 9.18 Å². The van der Waals surface area contributed by atoms with Crippen LogP contribution in [-0.4, -0.2) is 14.1 Å². The van der Waals surface area contributed by atoms with E-state index in [4.69, 9.17) is 11.6 Å². The zero-order valence-corrected chi connectivity index (χ0v) is 16.7. The molecule has 2 aromatic heterocycles. The van der Waals surface area contributed by atoms with Crippen molar-refractivity contribution in [2.24, 2.45) is 0 Å². The van der Waals surface area contributed by atoms with Crippen molar-refractivity contribution in [3.8, 4) is 0 Å². The van der Waals surface area contributed by atoms with Crippen LogP contribution in [0.5, 0.6) is 0 Å². The maximum atomic E-state index is 14.0. The molecule has 0 radical (unpaired) electrons. The lowest BCUT2D eigenvalue weighted by molar-refractivity contribution is 0.629. The SMILES string of the molecule is O=c1c2c(ncn1Cc1ccccc1)c1cc(F)ccc1n2Cc1cccc(Cl)c1. The summed E-state index contributed by atoms with van der Waals surface area (Å²) < 4.78 is 17.5. The molecule has 0 aliphatic carbocycles. The Morgan fingerprint density at radius 3 is 2.50 bits per heavy atom. The largest absolute Gasteiger partial charge is 0.330 e.